The highest BCUT2D eigenvalue weighted by molar-refractivity contribution is 5.82. The largest absolute Gasteiger partial charge is 0.378 e. The highest BCUT2D eigenvalue weighted by Gasteiger charge is 2.43. The summed E-state index contributed by atoms with van der Waals surface area (Å²) in [6.45, 7) is 6.54. The number of carbonyl (C=O) groups is 1. The number of hydrogen-bond acceptors (Lipinski definition) is 3. The fourth-order valence-corrected chi connectivity index (χ4v) is 2.25. The summed E-state index contributed by atoms with van der Waals surface area (Å²) in [5, 5.41) is 2.81. The average molecular weight is 264 g/mol. The van der Waals surface area contributed by atoms with Crippen LogP contribution >= 0.6 is 0 Å². The van der Waals surface area contributed by atoms with Gasteiger partial charge in [-0.15, -0.1) is 0 Å². The van der Waals surface area contributed by atoms with Crippen LogP contribution in [0.25, 0.3) is 0 Å². The summed E-state index contributed by atoms with van der Waals surface area (Å²) in [5.41, 5.74) is 2.22. The monoisotopic (exact) mass is 264 g/mol. The quantitative estimate of drug-likeness (QED) is 0.834. The maximum absolute atomic E-state index is 11.9. The van der Waals surface area contributed by atoms with E-state index in [-0.39, 0.29) is 30.0 Å². The molecule has 0 bridgehead atoms. The number of rotatable bonds is 5. The third-order valence-electron chi connectivity index (χ3n) is 3.38. The normalized spacial score (nSPS) is 21.2. The topological polar surface area (TPSA) is 71.2 Å². The van der Waals surface area contributed by atoms with Gasteiger partial charge in [-0.05, 0) is 38.8 Å². The number of H-pyrrole nitrogens is 1. The van der Waals surface area contributed by atoms with E-state index < -0.39 is 0 Å². The Morgan fingerprint density at radius 2 is 2.26 bits per heavy atom. The molecule has 1 aliphatic carbocycles. The second kappa shape index (κ2) is 5.57. The Hall–Kier alpha value is -1.62. The zero-order valence-corrected chi connectivity index (χ0v) is 11.6. The number of aryl methyl sites for hydroxylation is 2. The van der Waals surface area contributed by atoms with Crippen molar-refractivity contribution in [1.29, 1.82) is 0 Å². The van der Waals surface area contributed by atoms with Gasteiger partial charge in [0.25, 0.3) is 5.56 Å². The van der Waals surface area contributed by atoms with Gasteiger partial charge in [0.05, 0.1) is 12.0 Å². The van der Waals surface area contributed by atoms with Crippen LogP contribution in [0, 0.1) is 19.8 Å². The molecule has 1 aromatic rings. The predicted molar refractivity (Wildman–Crippen MR) is 71.9 cm³/mol. The second-order valence-electron chi connectivity index (χ2n) is 5.00. The SMILES string of the molecule is CCO[C@@H]1C[C@H]1C(=O)NCc1c(C)cc(C)[nH]c1=O. The van der Waals surface area contributed by atoms with Gasteiger partial charge in [0.1, 0.15) is 0 Å². The number of carbonyl (C=O) groups excluding carboxylic acids is 1. The van der Waals surface area contributed by atoms with Crippen molar-refractivity contribution in [3.05, 3.63) is 33.2 Å². The second-order valence-corrected chi connectivity index (χ2v) is 5.00. The van der Waals surface area contributed by atoms with Crippen molar-refractivity contribution in [2.45, 2.75) is 39.8 Å². The number of aromatic amines is 1. The molecule has 1 heterocycles. The smallest absolute Gasteiger partial charge is 0.253 e. The lowest BCUT2D eigenvalue weighted by atomic mass is 10.1. The Kier molecular flexibility index (Phi) is 4.04. The molecule has 5 heteroatoms. The summed E-state index contributed by atoms with van der Waals surface area (Å²) in [4.78, 5) is 26.4. The summed E-state index contributed by atoms with van der Waals surface area (Å²) >= 11 is 0. The summed E-state index contributed by atoms with van der Waals surface area (Å²) in [7, 11) is 0. The van der Waals surface area contributed by atoms with Gasteiger partial charge < -0.3 is 15.0 Å². The summed E-state index contributed by atoms with van der Waals surface area (Å²) in [6, 6.07) is 1.91. The number of hydrogen-bond donors (Lipinski definition) is 2. The Morgan fingerprint density at radius 3 is 2.89 bits per heavy atom. The molecule has 0 spiro atoms. The number of pyridine rings is 1. The molecule has 1 amide bonds. The lowest BCUT2D eigenvalue weighted by Crippen LogP contribution is -2.29. The molecule has 2 rings (SSSR count). The van der Waals surface area contributed by atoms with E-state index >= 15 is 0 Å². The lowest BCUT2D eigenvalue weighted by molar-refractivity contribution is -0.123. The van der Waals surface area contributed by atoms with Crippen LogP contribution in [0.4, 0.5) is 0 Å². The Bertz CT molecular complexity index is 536. The first-order valence-electron chi connectivity index (χ1n) is 6.61. The molecule has 1 aromatic heterocycles. The lowest BCUT2D eigenvalue weighted by Gasteiger charge is -2.08. The minimum atomic E-state index is -0.130. The molecule has 19 heavy (non-hydrogen) atoms. The van der Waals surface area contributed by atoms with Crippen LogP contribution < -0.4 is 10.9 Å². The van der Waals surface area contributed by atoms with Gasteiger partial charge >= 0.3 is 0 Å². The van der Waals surface area contributed by atoms with Crippen LogP contribution in [-0.2, 0) is 16.1 Å². The van der Waals surface area contributed by atoms with E-state index in [9.17, 15) is 9.59 Å². The van der Waals surface area contributed by atoms with Crippen LogP contribution in [0.3, 0.4) is 0 Å². The van der Waals surface area contributed by atoms with E-state index in [1.54, 1.807) is 0 Å². The van der Waals surface area contributed by atoms with Crippen LogP contribution in [0.5, 0.6) is 0 Å². The maximum atomic E-state index is 11.9. The summed E-state index contributed by atoms with van der Waals surface area (Å²) in [6.07, 6.45) is 0.838. The molecule has 0 unspecified atom stereocenters. The molecule has 1 aliphatic rings. The fraction of sp³-hybridized carbons (Fsp3) is 0.571. The number of ether oxygens (including phenoxy) is 1. The molecule has 0 aromatic carbocycles. The van der Waals surface area contributed by atoms with Crippen molar-refractivity contribution in [3.63, 3.8) is 0 Å². The Balaban J connectivity index is 1.93. The molecule has 1 saturated carbocycles. The van der Waals surface area contributed by atoms with Gasteiger partial charge in [0.2, 0.25) is 5.91 Å². The van der Waals surface area contributed by atoms with Crippen LogP contribution in [0.1, 0.15) is 30.2 Å². The predicted octanol–water partition coefficient (Wildman–Crippen LogP) is 1.03. The van der Waals surface area contributed by atoms with Crippen LogP contribution in [0.15, 0.2) is 10.9 Å². The van der Waals surface area contributed by atoms with Gasteiger partial charge in [-0.2, -0.15) is 0 Å². The first-order chi connectivity index (χ1) is 9.02. The number of nitrogens with one attached hydrogen (secondary N) is 2. The van der Waals surface area contributed by atoms with Gasteiger partial charge in [-0.3, -0.25) is 9.59 Å². The van der Waals surface area contributed by atoms with E-state index in [4.69, 9.17) is 4.74 Å². The van der Waals surface area contributed by atoms with E-state index in [2.05, 4.69) is 10.3 Å². The van der Waals surface area contributed by atoms with Gasteiger partial charge in [0.15, 0.2) is 0 Å². The Morgan fingerprint density at radius 1 is 1.53 bits per heavy atom. The van der Waals surface area contributed by atoms with Crippen molar-refractivity contribution < 1.29 is 9.53 Å². The highest BCUT2D eigenvalue weighted by atomic mass is 16.5. The molecule has 2 atom stereocenters. The third kappa shape index (κ3) is 3.23. The molecule has 104 valence electrons. The summed E-state index contributed by atoms with van der Waals surface area (Å²) < 4.78 is 5.37. The molecular formula is C14H20N2O3. The van der Waals surface area contributed by atoms with Crippen LogP contribution in [-0.4, -0.2) is 23.6 Å². The van der Waals surface area contributed by atoms with Gasteiger partial charge in [-0.1, -0.05) is 0 Å². The first kappa shape index (κ1) is 13.8. The van der Waals surface area contributed by atoms with E-state index in [1.807, 2.05) is 26.8 Å². The molecule has 5 nitrogen and oxygen atoms in total. The number of amides is 1. The minimum absolute atomic E-state index is 0.0298. The standard InChI is InChI=1S/C14H20N2O3/c1-4-19-12-6-10(12)13(17)15-7-11-8(2)5-9(3)16-14(11)18/h5,10,12H,4,6-7H2,1-3H3,(H,15,17)(H,16,18)/t10-,12-/m1/s1. The molecular weight excluding hydrogens is 244 g/mol. The average Bonchev–Trinajstić information content (AvgIpc) is 3.07. The van der Waals surface area contributed by atoms with E-state index in [1.165, 1.54) is 0 Å². The zero-order chi connectivity index (χ0) is 14.0. The molecule has 0 aliphatic heterocycles. The van der Waals surface area contributed by atoms with Crippen molar-refractivity contribution >= 4 is 5.91 Å². The Labute approximate surface area is 112 Å². The van der Waals surface area contributed by atoms with Crippen LogP contribution in [0.2, 0.25) is 0 Å². The highest BCUT2D eigenvalue weighted by Crippen LogP contribution is 2.33. The molecule has 0 saturated heterocycles. The van der Waals surface area contributed by atoms with Crippen molar-refractivity contribution in [2.75, 3.05) is 6.61 Å². The minimum Gasteiger partial charge on any atom is -0.378 e. The fourth-order valence-electron chi connectivity index (χ4n) is 2.25. The molecule has 1 fully saturated rings. The van der Waals surface area contributed by atoms with E-state index in [0.29, 0.717) is 12.2 Å². The van der Waals surface area contributed by atoms with Gasteiger partial charge in [-0.25, -0.2) is 0 Å². The summed E-state index contributed by atoms with van der Waals surface area (Å²) in [5.74, 6) is -0.0809. The third-order valence-corrected chi connectivity index (χ3v) is 3.38. The van der Waals surface area contributed by atoms with Gasteiger partial charge in [0, 0.05) is 24.4 Å². The molecule has 0 radical (unpaired) electrons. The van der Waals surface area contributed by atoms with E-state index in [0.717, 1.165) is 17.7 Å². The van der Waals surface area contributed by atoms with Crippen molar-refractivity contribution in [3.8, 4) is 0 Å². The zero-order valence-electron chi connectivity index (χ0n) is 11.6. The molecule has 2 N–H and O–H groups in total. The van der Waals surface area contributed by atoms with Crippen molar-refractivity contribution in [1.82, 2.24) is 10.3 Å². The maximum Gasteiger partial charge on any atom is 0.253 e. The van der Waals surface area contributed by atoms with Crippen molar-refractivity contribution in [2.24, 2.45) is 5.92 Å². The number of aromatic nitrogens is 1. The first-order valence-corrected chi connectivity index (χ1v) is 6.61.